The fourth-order valence-corrected chi connectivity index (χ4v) is 5.14. The largest absolute Gasteiger partial charge is 0.378 e. The van der Waals surface area contributed by atoms with E-state index in [1.165, 1.54) is 17.7 Å². The van der Waals surface area contributed by atoms with E-state index in [2.05, 4.69) is 46.0 Å². The minimum Gasteiger partial charge on any atom is -0.378 e. The van der Waals surface area contributed by atoms with Gasteiger partial charge in [-0.25, -0.2) is 13.1 Å². The molecule has 0 saturated carbocycles. The van der Waals surface area contributed by atoms with Gasteiger partial charge in [0, 0.05) is 43.6 Å². The van der Waals surface area contributed by atoms with Crippen molar-refractivity contribution in [2.45, 2.75) is 17.4 Å². The number of hydrogen-bond donors (Lipinski definition) is 1. The molecule has 0 bridgehead atoms. The molecule has 31 heavy (non-hydrogen) atoms. The summed E-state index contributed by atoms with van der Waals surface area (Å²) in [5, 5.41) is 0.506. The molecule has 162 valence electrons. The lowest BCUT2D eigenvalue weighted by Crippen LogP contribution is -2.37. The van der Waals surface area contributed by atoms with Crippen molar-refractivity contribution in [2.75, 3.05) is 37.0 Å². The molecule has 1 heterocycles. The van der Waals surface area contributed by atoms with Gasteiger partial charge in [0.15, 0.2) is 0 Å². The van der Waals surface area contributed by atoms with Crippen LogP contribution in [0, 0.1) is 0 Å². The zero-order valence-corrected chi connectivity index (χ0v) is 19.2. The van der Waals surface area contributed by atoms with E-state index < -0.39 is 10.0 Å². The average Bonchev–Trinajstić information content (AvgIpc) is 3.18. The summed E-state index contributed by atoms with van der Waals surface area (Å²) < 4.78 is 28.6. The molecule has 1 N–H and O–H groups in total. The SMILES string of the molecule is CN(C)c1ccc(C(CNS(=O)(=O)c2ccc(Cl)cc2)N2CCc3ccccc32)cc1. The second-order valence-corrected chi connectivity index (χ2v) is 10.1. The molecule has 0 amide bonds. The third-order valence-electron chi connectivity index (χ3n) is 5.68. The Bertz CT molecular complexity index is 1150. The first-order valence-corrected chi connectivity index (χ1v) is 12.1. The van der Waals surface area contributed by atoms with Crippen LogP contribution < -0.4 is 14.5 Å². The first-order chi connectivity index (χ1) is 14.8. The minimum absolute atomic E-state index is 0.123. The van der Waals surface area contributed by atoms with Gasteiger partial charge in [-0.1, -0.05) is 41.9 Å². The van der Waals surface area contributed by atoms with Crippen LogP contribution >= 0.6 is 11.6 Å². The highest BCUT2D eigenvalue weighted by molar-refractivity contribution is 7.89. The Morgan fingerprint density at radius 1 is 1.00 bits per heavy atom. The quantitative estimate of drug-likeness (QED) is 0.570. The summed E-state index contributed by atoms with van der Waals surface area (Å²) >= 11 is 5.91. The molecule has 0 spiro atoms. The summed E-state index contributed by atoms with van der Waals surface area (Å²) in [6, 6.07) is 22.7. The van der Waals surface area contributed by atoms with Crippen LogP contribution in [0.5, 0.6) is 0 Å². The monoisotopic (exact) mass is 455 g/mol. The number of fused-ring (bicyclic) bond motifs is 1. The summed E-state index contributed by atoms with van der Waals surface area (Å²) in [5.41, 5.74) is 4.63. The Labute approximate surface area is 189 Å². The smallest absolute Gasteiger partial charge is 0.240 e. The van der Waals surface area contributed by atoms with E-state index >= 15 is 0 Å². The second-order valence-electron chi connectivity index (χ2n) is 7.88. The molecule has 0 saturated heterocycles. The molecule has 0 fully saturated rings. The van der Waals surface area contributed by atoms with Crippen molar-refractivity contribution in [1.82, 2.24) is 4.72 Å². The van der Waals surface area contributed by atoms with Crippen LogP contribution in [-0.4, -0.2) is 35.6 Å². The molecule has 3 aromatic carbocycles. The number of sulfonamides is 1. The van der Waals surface area contributed by atoms with Gasteiger partial charge in [0.1, 0.15) is 0 Å². The standard InChI is InChI=1S/C24H26ClN3O2S/c1-27(2)21-11-7-19(8-12-21)24(28-16-15-18-5-3-4-6-23(18)28)17-26-31(29,30)22-13-9-20(25)10-14-22/h3-14,24,26H,15-17H2,1-2H3. The molecule has 5 nitrogen and oxygen atoms in total. The van der Waals surface area contributed by atoms with Gasteiger partial charge in [-0.05, 0) is 60.0 Å². The number of benzene rings is 3. The summed E-state index contributed by atoms with van der Waals surface area (Å²) in [5.74, 6) is 0. The Morgan fingerprint density at radius 2 is 1.68 bits per heavy atom. The van der Waals surface area contributed by atoms with Crippen LogP contribution in [0.1, 0.15) is 17.2 Å². The fourth-order valence-electron chi connectivity index (χ4n) is 3.98. The number of nitrogens with one attached hydrogen (secondary N) is 1. The van der Waals surface area contributed by atoms with Gasteiger partial charge in [0.2, 0.25) is 10.0 Å². The van der Waals surface area contributed by atoms with E-state index in [4.69, 9.17) is 11.6 Å². The maximum atomic E-state index is 12.9. The van der Waals surface area contributed by atoms with Crippen molar-refractivity contribution >= 4 is 33.0 Å². The number of nitrogens with zero attached hydrogens (tertiary/aromatic N) is 2. The third-order valence-corrected chi connectivity index (χ3v) is 7.38. The molecule has 3 aromatic rings. The number of para-hydroxylation sites is 1. The minimum atomic E-state index is -3.65. The number of hydrogen-bond acceptors (Lipinski definition) is 4. The summed E-state index contributed by atoms with van der Waals surface area (Å²) in [7, 11) is 0.355. The average molecular weight is 456 g/mol. The predicted octanol–water partition coefficient (Wildman–Crippen LogP) is 4.49. The lowest BCUT2D eigenvalue weighted by molar-refractivity contribution is 0.563. The Hall–Kier alpha value is -2.54. The molecule has 4 rings (SSSR count). The van der Waals surface area contributed by atoms with Gasteiger partial charge >= 0.3 is 0 Å². The van der Waals surface area contributed by atoms with E-state index in [1.54, 1.807) is 12.1 Å². The Balaban J connectivity index is 1.63. The summed E-state index contributed by atoms with van der Waals surface area (Å²) in [6.07, 6.45) is 0.951. The number of halogens is 1. The highest BCUT2D eigenvalue weighted by Gasteiger charge is 2.28. The van der Waals surface area contributed by atoms with Gasteiger partial charge in [0.05, 0.1) is 10.9 Å². The third kappa shape index (κ3) is 4.71. The van der Waals surface area contributed by atoms with E-state index in [-0.39, 0.29) is 17.5 Å². The molecule has 0 aromatic heterocycles. The van der Waals surface area contributed by atoms with Gasteiger partial charge in [-0.2, -0.15) is 0 Å². The molecule has 1 aliphatic rings. The lowest BCUT2D eigenvalue weighted by atomic mass is 10.0. The normalized spacial score (nSPS) is 14.4. The molecule has 7 heteroatoms. The van der Waals surface area contributed by atoms with Crippen LogP contribution in [0.4, 0.5) is 11.4 Å². The molecule has 1 unspecified atom stereocenters. The zero-order chi connectivity index (χ0) is 22.0. The Kier molecular flexibility index (Phi) is 6.23. The first kappa shape index (κ1) is 21.7. The number of rotatable bonds is 7. The highest BCUT2D eigenvalue weighted by atomic mass is 35.5. The maximum absolute atomic E-state index is 12.9. The van der Waals surface area contributed by atoms with Crippen LogP contribution in [-0.2, 0) is 16.4 Å². The van der Waals surface area contributed by atoms with E-state index in [0.717, 1.165) is 29.9 Å². The van der Waals surface area contributed by atoms with Crippen molar-refractivity contribution < 1.29 is 8.42 Å². The van der Waals surface area contributed by atoms with Gasteiger partial charge in [-0.3, -0.25) is 0 Å². The van der Waals surface area contributed by atoms with Crippen LogP contribution in [0.25, 0.3) is 0 Å². The van der Waals surface area contributed by atoms with E-state index in [9.17, 15) is 8.42 Å². The fraction of sp³-hybridized carbons (Fsp3) is 0.250. The van der Waals surface area contributed by atoms with Gasteiger partial charge < -0.3 is 9.80 Å². The molecule has 0 aliphatic carbocycles. The van der Waals surface area contributed by atoms with Crippen LogP contribution in [0.2, 0.25) is 5.02 Å². The van der Waals surface area contributed by atoms with E-state index in [0.29, 0.717) is 5.02 Å². The van der Waals surface area contributed by atoms with E-state index in [1.807, 2.05) is 31.1 Å². The van der Waals surface area contributed by atoms with Crippen molar-refractivity contribution in [3.05, 3.63) is 88.9 Å². The lowest BCUT2D eigenvalue weighted by Gasteiger charge is -2.31. The van der Waals surface area contributed by atoms with Crippen LogP contribution in [0.15, 0.2) is 77.7 Å². The maximum Gasteiger partial charge on any atom is 0.240 e. The van der Waals surface area contributed by atoms with Gasteiger partial charge in [-0.15, -0.1) is 0 Å². The zero-order valence-electron chi connectivity index (χ0n) is 17.6. The number of anilines is 2. The van der Waals surface area contributed by atoms with Crippen molar-refractivity contribution in [1.29, 1.82) is 0 Å². The predicted molar refractivity (Wildman–Crippen MR) is 128 cm³/mol. The first-order valence-electron chi connectivity index (χ1n) is 10.2. The van der Waals surface area contributed by atoms with Crippen LogP contribution in [0.3, 0.4) is 0 Å². The highest BCUT2D eigenvalue weighted by Crippen LogP contribution is 2.35. The van der Waals surface area contributed by atoms with Gasteiger partial charge in [0.25, 0.3) is 0 Å². The van der Waals surface area contributed by atoms with Crippen molar-refractivity contribution in [2.24, 2.45) is 0 Å². The topological polar surface area (TPSA) is 52.7 Å². The molecular formula is C24H26ClN3O2S. The summed E-state index contributed by atoms with van der Waals surface area (Å²) in [6.45, 7) is 1.11. The molecular weight excluding hydrogens is 430 g/mol. The Morgan fingerprint density at radius 3 is 2.35 bits per heavy atom. The molecule has 0 radical (unpaired) electrons. The molecule has 1 aliphatic heterocycles. The molecule has 1 atom stereocenters. The van der Waals surface area contributed by atoms with Crippen molar-refractivity contribution in [3.63, 3.8) is 0 Å². The summed E-state index contributed by atoms with van der Waals surface area (Å²) in [4.78, 5) is 4.55. The van der Waals surface area contributed by atoms with Crippen molar-refractivity contribution in [3.8, 4) is 0 Å². The second kappa shape index (κ2) is 8.91.